The Balaban J connectivity index is 1.87. The summed E-state index contributed by atoms with van der Waals surface area (Å²) in [5.41, 5.74) is 7.61. The van der Waals surface area contributed by atoms with Gasteiger partial charge < -0.3 is 15.1 Å². The summed E-state index contributed by atoms with van der Waals surface area (Å²) in [5, 5.41) is 20.2. The molecule has 0 radical (unpaired) electrons. The van der Waals surface area contributed by atoms with Gasteiger partial charge in [0.05, 0.1) is 6.42 Å². The van der Waals surface area contributed by atoms with Crippen molar-refractivity contribution in [2.75, 3.05) is 0 Å². The lowest BCUT2D eigenvalue weighted by Gasteiger charge is -2.34. The maximum Gasteiger partial charge on any atom is 0.337 e. The summed E-state index contributed by atoms with van der Waals surface area (Å²) in [4.78, 5) is 26.6. The van der Waals surface area contributed by atoms with Gasteiger partial charge in [-0.15, -0.1) is 0 Å². The molecule has 5 heteroatoms. The lowest BCUT2D eigenvalue weighted by molar-refractivity contribution is -0.147. The Bertz CT molecular complexity index is 1180. The Hall–Kier alpha value is -3.44. The number of rotatable bonds is 5. The molecule has 1 unspecified atom stereocenters. The van der Waals surface area contributed by atoms with Gasteiger partial charge in [-0.1, -0.05) is 60.2 Å². The third-order valence-electron chi connectivity index (χ3n) is 6.41. The van der Waals surface area contributed by atoms with E-state index in [4.69, 9.17) is 0 Å². The topological polar surface area (TPSA) is 77.8 Å². The number of carboxylic acids is 1. The van der Waals surface area contributed by atoms with E-state index in [0.717, 1.165) is 38.9 Å². The average molecular weight is 430 g/mol. The predicted molar refractivity (Wildman–Crippen MR) is 123 cm³/mol. The predicted octanol–water partition coefficient (Wildman–Crippen LogP) is 4.48. The highest BCUT2D eigenvalue weighted by Gasteiger charge is 2.32. The third-order valence-corrected chi connectivity index (χ3v) is 6.41. The molecule has 0 saturated carbocycles. The molecule has 1 aliphatic heterocycles. The monoisotopic (exact) mass is 429 g/mol. The van der Waals surface area contributed by atoms with Crippen molar-refractivity contribution in [2.45, 2.75) is 46.4 Å². The van der Waals surface area contributed by atoms with Gasteiger partial charge in [-0.3, -0.25) is 4.79 Å². The molecule has 1 heterocycles. The van der Waals surface area contributed by atoms with Crippen LogP contribution in [-0.4, -0.2) is 27.0 Å². The van der Waals surface area contributed by atoms with Crippen molar-refractivity contribution in [3.63, 3.8) is 0 Å². The molecule has 1 aliphatic rings. The molecule has 3 aromatic carbocycles. The highest BCUT2D eigenvalue weighted by Crippen LogP contribution is 2.41. The zero-order valence-electron chi connectivity index (χ0n) is 18.6. The van der Waals surface area contributed by atoms with Crippen molar-refractivity contribution < 1.29 is 19.8 Å². The average Bonchev–Trinajstić information content (AvgIpc) is 2.78. The number of hydrogen-bond acceptors (Lipinski definition) is 3. The van der Waals surface area contributed by atoms with Crippen LogP contribution in [0.2, 0.25) is 0 Å². The second kappa shape index (κ2) is 8.60. The van der Waals surface area contributed by atoms with Crippen LogP contribution in [0, 0.1) is 20.8 Å². The first-order valence-electron chi connectivity index (χ1n) is 10.7. The summed E-state index contributed by atoms with van der Waals surface area (Å²) in [5.74, 6) is -1.30. The molecule has 0 fully saturated rings. The van der Waals surface area contributed by atoms with Gasteiger partial charge in [0, 0.05) is 18.7 Å². The van der Waals surface area contributed by atoms with E-state index in [9.17, 15) is 19.8 Å². The number of benzene rings is 3. The van der Waals surface area contributed by atoms with E-state index in [2.05, 4.69) is 0 Å². The molecule has 0 bridgehead atoms. The Labute approximate surface area is 187 Å². The molecule has 3 aromatic rings. The SMILES string of the molecule is Cc1ccc(-c2c(C)c3c(c(C)c2C(O)C(=O)O)CC(=O)N(Cc2ccccc2)C3)cc1. The van der Waals surface area contributed by atoms with Gasteiger partial charge in [-0.2, -0.15) is 0 Å². The maximum absolute atomic E-state index is 13.0. The number of hydrogen-bond donors (Lipinski definition) is 2. The van der Waals surface area contributed by atoms with E-state index in [1.807, 2.05) is 80.3 Å². The van der Waals surface area contributed by atoms with Crippen molar-refractivity contribution in [3.05, 3.63) is 93.5 Å². The van der Waals surface area contributed by atoms with Crippen LogP contribution in [0.25, 0.3) is 11.1 Å². The number of aliphatic carboxylic acids is 1. The van der Waals surface area contributed by atoms with Crippen LogP contribution < -0.4 is 0 Å². The van der Waals surface area contributed by atoms with Gasteiger partial charge in [-0.05, 0) is 59.7 Å². The van der Waals surface area contributed by atoms with Crippen molar-refractivity contribution >= 4 is 11.9 Å². The fraction of sp³-hybridized carbons (Fsp3) is 0.259. The highest BCUT2D eigenvalue weighted by atomic mass is 16.4. The zero-order valence-corrected chi connectivity index (χ0v) is 18.6. The third kappa shape index (κ3) is 3.92. The lowest BCUT2D eigenvalue weighted by atomic mass is 9.80. The fourth-order valence-electron chi connectivity index (χ4n) is 4.66. The number of aliphatic hydroxyl groups is 1. The first kappa shape index (κ1) is 21.8. The van der Waals surface area contributed by atoms with Crippen LogP contribution in [0.15, 0.2) is 54.6 Å². The van der Waals surface area contributed by atoms with Crippen molar-refractivity contribution in [1.29, 1.82) is 0 Å². The second-order valence-electron chi connectivity index (χ2n) is 8.51. The molecule has 164 valence electrons. The Morgan fingerprint density at radius 1 is 0.969 bits per heavy atom. The largest absolute Gasteiger partial charge is 0.479 e. The number of nitrogens with zero attached hydrogens (tertiary/aromatic N) is 1. The molecule has 4 rings (SSSR count). The van der Waals surface area contributed by atoms with E-state index in [1.54, 1.807) is 0 Å². The summed E-state index contributed by atoms with van der Waals surface area (Å²) in [6.45, 7) is 6.75. The van der Waals surface area contributed by atoms with Crippen LogP contribution in [0.4, 0.5) is 0 Å². The van der Waals surface area contributed by atoms with E-state index < -0.39 is 12.1 Å². The van der Waals surface area contributed by atoms with E-state index in [0.29, 0.717) is 24.2 Å². The van der Waals surface area contributed by atoms with Crippen LogP contribution in [0.1, 0.15) is 45.0 Å². The molecule has 0 spiro atoms. The van der Waals surface area contributed by atoms with E-state index >= 15 is 0 Å². The van der Waals surface area contributed by atoms with Crippen LogP contribution in [0.5, 0.6) is 0 Å². The number of fused-ring (bicyclic) bond motifs is 1. The first-order chi connectivity index (χ1) is 15.3. The first-order valence-corrected chi connectivity index (χ1v) is 10.7. The zero-order chi connectivity index (χ0) is 23.0. The molecule has 0 aliphatic carbocycles. The summed E-state index contributed by atoms with van der Waals surface area (Å²) in [7, 11) is 0. The Kier molecular flexibility index (Phi) is 5.85. The van der Waals surface area contributed by atoms with Gasteiger partial charge in [0.2, 0.25) is 5.91 Å². The van der Waals surface area contributed by atoms with Crippen molar-refractivity contribution in [3.8, 4) is 11.1 Å². The lowest BCUT2D eigenvalue weighted by Crippen LogP contribution is -2.37. The maximum atomic E-state index is 13.0. The van der Waals surface area contributed by atoms with E-state index in [1.165, 1.54) is 0 Å². The molecule has 1 atom stereocenters. The molecule has 1 amide bonds. The van der Waals surface area contributed by atoms with Gasteiger partial charge in [0.25, 0.3) is 0 Å². The second-order valence-corrected chi connectivity index (χ2v) is 8.51. The minimum Gasteiger partial charge on any atom is -0.479 e. The normalized spacial score (nSPS) is 14.2. The van der Waals surface area contributed by atoms with Crippen molar-refractivity contribution in [2.24, 2.45) is 0 Å². The van der Waals surface area contributed by atoms with Gasteiger partial charge >= 0.3 is 5.97 Å². The van der Waals surface area contributed by atoms with Crippen LogP contribution in [-0.2, 0) is 29.1 Å². The number of aryl methyl sites for hydroxylation is 1. The number of carbonyl (C=O) groups excluding carboxylic acids is 1. The summed E-state index contributed by atoms with van der Waals surface area (Å²) in [6.07, 6.45) is -1.46. The van der Waals surface area contributed by atoms with Crippen LogP contribution in [0.3, 0.4) is 0 Å². The summed E-state index contributed by atoms with van der Waals surface area (Å²) in [6, 6.07) is 17.7. The number of aliphatic hydroxyl groups excluding tert-OH is 1. The molecule has 0 saturated heterocycles. The Morgan fingerprint density at radius 3 is 2.25 bits per heavy atom. The quantitative estimate of drug-likeness (QED) is 0.627. The van der Waals surface area contributed by atoms with Gasteiger partial charge in [0.1, 0.15) is 0 Å². The number of carboxylic acid groups (broad SMARTS) is 1. The molecular weight excluding hydrogens is 402 g/mol. The summed E-state index contributed by atoms with van der Waals surface area (Å²) >= 11 is 0. The highest BCUT2D eigenvalue weighted by molar-refractivity contribution is 5.87. The minimum absolute atomic E-state index is 0.00250. The standard InChI is InChI=1S/C27H27NO4/c1-16-9-11-20(12-10-16)24-18(3)22-15-28(14-19-7-5-4-6-8-19)23(29)13-21(22)17(2)25(24)26(30)27(31)32/h4-12,26,30H,13-15H2,1-3H3,(H,31,32). The van der Waals surface area contributed by atoms with E-state index in [-0.39, 0.29) is 12.3 Å². The molecular formula is C27H27NO4. The number of amides is 1. The van der Waals surface area contributed by atoms with Gasteiger partial charge in [0.15, 0.2) is 6.10 Å². The molecule has 32 heavy (non-hydrogen) atoms. The molecule has 0 aromatic heterocycles. The van der Waals surface area contributed by atoms with Crippen molar-refractivity contribution in [1.82, 2.24) is 4.90 Å². The smallest absolute Gasteiger partial charge is 0.337 e. The Morgan fingerprint density at radius 2 is 1.62 bits per heavy atom. The minimum atomic E-state index is -1.66. The fourth-order valence-corrected chi connectivity index (χ4v) is 4.66. The number of carbonyl (C=O) groups is 2. The molecule has 5 nitrogen and oxygen atoms in total. The van der Waals surface area contributed by atoms with Crippen LogP contribution >= 0.6 is 0 Å². The summed E-state index contributed by atoms with van der Waals surface area (Å²) < 4.78 is 0. The van der Waals surface area contributed by atoms with Gasteiger partial charge in [-0.25, -0.2) is 4.79 Å². The molecule has 2 N–H and O–H groups in total.